The van der Waals surface area contributed by atoms with Crippen LogP contribution in [0.4, 0.5) is 5.69 Å². The number of hydrogen-bond acceptors (Lipinski definition) is 2. The molecule has 26 heavy (non-hydrogen) atoms. The Labute approximate surface area is 162 Å². The van der Waals surface area contributed by atoms with Gasteiger partial charge in [0.25, 0.3) is 0 Å². The molecule has 2 amide bonds. The van der Waals surface area contributed by atoms with Gasteiger partial charge in [-0.25, -0.2) is 0 Å². The van der Waals surface area contributed by atoms with Crippen molar-refractivity contribution in [3.8, 4) is 0 Å². The minimum Gasteiger partial charge on any atom is -0.341 e. The first kappa shape index (κ1) is 18.7. The summed E-state index contributed by atoms with van der Waals surface area (Å²) in [6.45, 7) is 1.86. The van der Waals surface area contributed by atoms with E-state index in [2.05, 4.69) is 22.8 Å². The van der Waals surface area contributed by atoms with Crippen molar-refractivity contribution in [1.82, 2.24) is 5.32 Å². The van der Waals surface area contributed by atoms with Crippen LogP contribution in [0.5, 0.6) is 0 Å². The second kappa shape index (κ2) is 8.11. The van der Waals surface area contributed by atoms with Crippen LogP contribution in [0.25, 0.3) is 0 Å². The molecule has 0 radical (unpaired) electrons. The second-order valence-corrected chi connectivity index (χ2v) is 7.30. The van der Waals surface area contributed by atoms with Crippen molar-refractivity contribution in [1.29, 1.82) is 0 Å². The van der Waals surface area contributed by atoms with E-state index in [-0.39, 0.29) is 21.8 Å². The van der Waals surface area contributed by atoms with Crippen LogP contribution in [-0.4, -0.2) is 11.8 Å². The van der Waals surface area contributed by atoms with Crippen LogP contribution in [0.2, 0.25) is 10.0 Å². The summed E-state index contributed by atoms with van der Waals surface area (Å²) in [4.78, 5) is 24.4. The van der Waals surface area contributed by atoms with Crippen molar-refractivity contribution in [3.05, 3.63) is 63.1 Å². The molecular weight excluding hydrogens is 371 g/mol. The van der Waals surface area contributed by atoms with Gasteiger partial charge in [-0.3, -0.25) is 9.59 Å². The molecule has 2 aromatic rings. The summed E-state index contributed by atoms with van der Waals surface area (Å²) in [5.74, 6) is -1.53. The van der Waals surface area contributed by atoms with Gasteiger partial charge in [0, 0.05) is 0 Å². The molecule has 0 aliphatic heterocycles. The van der Waals surface area contributed by atoms with Gasteiger partial charge in [-0.1, -0.05) is 47.5 Å². The fourth-order valence-electron chi connectivity index (χ4n) is 3.16. The second-order valence-electron chi connectivity index (χ2n) is 6.48. The van der Waals surface area contributed by atoms with Gasteiger partial charge < -0.3 is 10.6 Å². The zero-order chi connectivity index (χ0) is 18.7. The molecule has 136 valence electrons. The molecule has 0 saturated heterocycles. The number of carbonyl (C=O) groups is 2. The Morgan fingerprint density at radius 2 is 1.62 bits per heavy atom. The van der Waals surface area contributed by atoms with E-state index in [9.17, 15) is 9.59 Å². The molecule has 0 heterocycles. The highest BCUT2D eigenvalue weighted by Gasteiger charge is 2.20. The smallest absolute Gasteiger partial charge is 0.313 e. The maximum Gasteiger partial charge on any atom is 0.313 e. The van der Waals surface area contributed by atoms with Gasteiger partial charge in [-0.15, -0.1) is 0 Å². The molecule has 0 saturated carbocycles. The SMILES string of the molecule is CC(NC(=O)C(=O)Nc1c(Cl)cccc1Cl)c1ccc2c(c1)CCCC2. The van der Waals surface area contributed by atoms with Gasteiger partial charge in [0.1, 0.15) is 0 Å². The van der Waals surface area contributed by atoms with Crippen LogP contribution < -0.4 is 10.6 Å². The van der Waals surface area contributed by atoms with E-state index in [1.165, 1.54) is 24.0 Å². The van der Waals surface area contributed by atoms with Crippen LogP contribution in [0.1, 0.15) is 42.5 Å². The van der Waals surface area contributed by atoms with E-state index >= 15 is 0 Å². The van der Waals surface area contributed by atoms with Crippen LogP contribution in [-0.2, 0) is 22.4 Å². The summed E-state index contributed by atoms with van der Waals surface area (Å²) in [5, 5.41) is 5.75. The highest BCUT2D eigenvalue weighted by molar-refractivity contribution is 6.44. The van der Waals surface area contributed by atoms with Gasteiger partial charge in [0.2, 0.25) is 0 Å². The van der Waals surface area contributed by atoms with E-state index in [4.69, 9.17) is 23.2 Å². The van der Waals surface area contributed by atoms with Crippen LogP contribution >= 0.6 is 23.2 Å². The molecular formula is C20H20Cl2N2O2. The molecule has 0 spiro atoms. The molecule has 3 rings (SSSR count). The summed E-state index contributed by atoms with van der Waals surface area (Å²) >= 11 is 12.0. The number of benzene rings is 2. The zero-order valence-electron chi connectivity index (χ0n) is 14.4. The molecule has 1 unspecified atom stereocenters. The molecule has 0 fully saturated rings. The monoisotopic (exact) mass is 390 g/mol. The fourth-order valence-corrected chi connectivity index (χ4v) is 3.65. The molecule has 4 nitrogen and oxygen atoms in total. The van der Waals surface area contributed by atoms with E-state index in [1.807, 2.05) is 13.0 Å². The third kappa shape index (κ3) is 4.19. The third-order valence-corrected chi connectivity index (χ3v) is 5.26. The number of aryl methyl sites for hydroxylation is 2. The molecule has 0 bridgehead atoms. The van der Waals surface area contributed by atoms with Gasteiger partial charge in [-0.2, -0.15) is 0 Å². The lowest BCUT2D eigenvalue weighted by molar-refractivity contribution is -0.136. The van der Waals surface area contributed by atoms with E-state index in [1.54, 1.807) is 18.2 Å². The average molecular weight is 391 g/mol. The normalized spacial score (nSPS) is 14.3. The summed E-state index contributed by atoms with van der Waals surface area (Å²) in [6.07, 6.45) is 4.59. The Bertz CT molecular complexity index is 831. The predicted octanol–water partition coefficient (Wildman–Crippen LogP) is 4.69. The van der Waals surface area contributed by atoms with Crippen LogP contribution in [0.3, 0.4) is 0 Å². The number of hydrogen-bond donors (Lipinski definition) is 2. The van der Waals surface area contributed by atoms with Gasteiger partial charge in [0.05, 0.1) is 21.8 Å². The number of amides is 2. The lowest BCUT2D eigenvalue weighted by Gasteiger charge is -2.20. The third-order valence-electron chi connectivity index (χ3n) is 4.63. The average Bonchev–Trinajstić information content (AvgIpc) is 2.64. The number of anilines is 1. The molecule has 6 heteroatoms. The number of para-hydroxylation sites is 1. The zero-order valence-corrected chi connectivity index (χ0v) is 16.0. The van der Waals surface area contributed by atoms with E-state index in [0.29, 0.717) is 0 Å². The maximum atomic E-state index is 12.2. The quantitative estimate of drug-likeness (QED) is 0.746. The summed E-state index contributed by atoms with van der Waals surface area (Å²) < 4.78 is 0. The number of fused-ring (bicyclic) bond motifs is 1. The van der Waals surface area contributed by atoms with E-state index in [0.717, 1.165) is 18.4 Å². The first-order valence-electron chi connectivity index (χ1n) is 8.63. The summed E-state index contributed by atoms with van der Waals surface area (Å²) in [6, 6.07) is 10.8. The van der Waals surface area contributed by atoms with Gasteiger partial charge >= 0.3 is 11.8 Å². The highest BCUT2D eigenvalue weighted by Crippen LogP contribution is 2.30. The minimum absolute atomic E-state index is 0.234. The molecule has 0 aromatic heterocycles. The number of carbonyl (C=O) groups excluding carboxylic acids is 2. The molecule has 1 aliphatic rings. The Morgan fingerprint density at radius 1 is 0.962 bits per heavy atom. The van der Waals surface area contributed by atoms with Crippen molar-refractivity contribution in [2.75, 3.05) is 5.32 Å². The maximum absolute atomic E-state index is 12.2. The standard InChI is InChI=1S/C20H20Cl2N2O2/c1-12(14-10-9-13-5-2-3-6-15(13)11-14)23-19(25)20(26)24-18-16(21)7-4-8-17(18)22/h4,7-12H,2-3,5-6H2,1H3,(H,23,25)(H,24,26). The number of rotatable bonds is 3. The Kier molecular flexibility index (Phi) is 5.84. The summed E-state index contributed by atoms with van der Waals surface area (Å²) in [5.41, 5.74) is 3.94. The van der Waals surface area contributed by atoms with Crippen molar-refractivity contribution >= 4 is 40.7 Å². The lowest BCUT2D eigenvalue weighted by Crippen LogP contribution is -2.37. The van der Waals surface area contributed by atoms with Crippen LogP contribution in [0.15, 0.2) is 36.4 Å². The van der Waals surface area contributed by atoms with Gasteiger partial charge in [0.15, 0.2) is 0 Å². The minimum atomic E-state index is -0.801. The number of halogens is 2. The van der Waals surface area contributed by atoms with Crippen molar-refractivity contribution in [2.24, 2.45) is 0 Å². The topological polar surface area (TPSA) is 58.2 Å². The Morgan fingerprint density at radius 3 is 2.31 bits per heavy atom. The first-order chi connectivity index (χ1) is 12.5. The molecule has 2 N–H and O–H groups in total. The largest absolute Gasteiger partial charge is 0.341 e. The first-order valence-corrected chi connectivity index (χ1v) is 9.39. The molecule has 1 atom stereocenters. The summed E-state index contributed by atoms with van der Waals surface area (Å²) in [7, 11) is 0. The fraction of sp³-hybridized carbons (Fsp3) is 0.300. The predicted molar refractivity (Wildman–Crippen MR) is 105 cm³/mol. The lowest BCUT2D eigenvalue weighted by atomic mass is 9.89. The van der Waals surface area contributed by atoms with Crippen LogP contribution in [0, 0.1) is 0 Å². The van der Waals surface area contributed by atoms with Crippen molar-refractivity contribution in [3.63, 3.8) is 0 Å². The Balaban J connectivity index is 1.66. The molecule has 1 aliphatic carbocycles. The highest BCUT2D eigenvalue weighted by atomic mass is 35.5. The number of nitrogens with one attached hydrogen (secondary N) is 2. The van der Waals surface area contributed by atoms with E-state index < -0.39 is 11.8 Å². The van der Waals surface area contributed by atoms with Gasteiger partial charge in [-0.05, 0) is 61.4 Å². The Hall–Kier alpha value is -2.04. The molecule has 2 aromatic carbocycles. The van der Waals surface area contributed by atoms with Crippen molar-refractivity contribution in [2.45, 2.75) is 38.6 Å². The van der Waals surface area contributed by atoms with Crippen molar-refractivity contribution < 1.29 is 9.59 Å².